The van der Waals surface area contributed by atoms with Crippen molar-refractivity contribution in [3.8, 4) is 11.6 Å². The van der Waals surface area contributed by atoms with E-state index in [1.165, 1.54) is 42.3 Å². The maximum Gasteiger partial charge on any atom is 0.573 e. The summed E-state index contributed by atoms with van der Waals surface area (Å²) in [5.41, 5.74) is 0.487. The third-order valence-corrected chi connectivity index (χ3v) is 7.60. The van der Waals surface area contributed by atoms with Crippen molar-refractivity contribution < 1.29 is 32.2 Å². The highest BCUT2D eigenvalue weighted by molar-refractivity contribution is 5.78. The normalized spacial score (nSPS) is 23.2. The summed E-state index contributed by atoms with van der Waals surface area (Å²) in [6.07, 6.45) is 2.08. The van der Waals surface area contributed by atoms with Crippen LogP contribution in [-0.4, -0.2) is 69.9 Å². The number of hydrogen-bond acceptors (Lipinski definition) is 6. The zero-order valence-corrected chi connectivity index (χ0v) is 21.2. The van der Waals surface area contributed by atoms with E-state index in [0.717, 1.165) is 25.9 Å². The molecule has 12 heteroatoms. The minimum absolute atomic E-state index is 0.0597. The van der Waals surface area contributed by atoms with Gasteiger partial charge in [0.05, 0.1) is 19.1 Å². The molecule has 5 rings (SSSR count). The number of piperidine rings is 1. The molecule has 2 heterocycles. The summed E-state index contributed by atoms with van der Waals surface area (Å²) in [5, 5.41) is 3.13. The monoisotopic (exact) mass is 535 g/mol. The van der Waals surface area contributed by atoms with Crippen molar-refractivity contribution >= 4 is 12.0 Å². The lowest BCUT2D eigenvalue weighted by atomic mass is 10.2. The van der Waals surface area contributed by atoms with E-state index < -0.39 is 12.5 Å². The second kappa shape index (κ2) is 10.8. The number of ether oxygens (including phenoxy) is 2. The quantitative estimate of drug-likeness (QED) is 0.529. The molecule has 0 radical (unpaired) electrons. The van der Waals surface area contributed by atoms with Gasteiger partial charge in [0.25, 0.3) is 0 Å². The van der Waals surface area contributed by atoms with Crippen LogP contribution < -0.4 is 14.8 Å². The van der Waals surface area contributed by atoms with Crippen LogP contribution in [-0.2, 0) is 18.4 Å². The first-order chi connectivity index (χ1) is 18.1. The molecule has 1 aromatic heterocycles. The van der Waals surface area contributed by atoms with Crippen LogP contribution in [0.5, 0.6) is 11.6 Å². The van der Waals surface area contributed by atoms with Gasteiger partial charge in [-0.25, -0.2) is 9.78 Å². The van der Waals surface area contributed by atoms with Crippen LogP contribution in [0.25, 0.3) is 0 Å². The number of carbonyl (C=O) groups excluding carboxylic acids is 2. The van der Waals surface area contributed by atoms with E-state index in [9.17, 15) is 22.8 Å². The van der Waals surface area contributed by atoms with E-state index in [4.69, 9.17) is 4.74 Å². The number of imidazole rings is 1. The van der Waals surface area contributed by atoms with Crippen molar-refractivity contribution in [3.63, 3.8) is 0 Å². The minimum atomic E-state index is -4.80. The molecule has 2 unspecified atom stereocenters. The van der Waals surface area contributed by atoms with Gasteiger partial charge >= 0.3 is 12.5 Å². The van der Waals surface area contributed by atoms with Gasteiger partial charge in [-0.2, -0.15) is 0 Å². The Balaban J connectivity index is 1.19. The molecule has 9 nitrogen and oxygen atoms in total. The molecule has 2 saturated carbocycles. The number of nitrogens with one attached hydrogen (secondary N) is 1. The smallest absolute Gasteiger partial charge is 0.406 e. The Hall–Kier alpha value is -3.28. The largest absolute Gasteiger partial charge is 0.573 e. The number of rotatable bonds is 9. The molecular weight excluding hydrogens is 503 g/mol. The molecular formula is C26H32F3N5O4. The molecule has 0 spiro atoms. The third kappa shape index (κ3) is 6.77. The van der Waals surface area contributed by atoms with E-state index in [0.29, 0.717) is 36.5 Å². The number of alkyl halides is 3. The van der Waals surface area contributed by atoms with Gasteiger partial charge in [-0.3, -0.25) is 9.69 Å². The van der Waals surface area contributed by atoms with E-state index in [1.807, 2.05) is 0 Å². The van der Waals surface area contributed by atoms with Crippen LogP contribution >= 0.6 is 0 Å². The van der Waals surface area contributed by atoms with Gasteiger partial charge in [0, 0.05) is 39.3 Å². The van der Waals surface area contributed by atoms with Crippen LogP contribution in [0, 0.1) is 17.8 Å². The van der Waals surface area contributed by atoms with Gasteiger partial charge in [0.15, 0.2) is 0 Å². The van der Waals surface area contributed by atoms with Crippen LogP contribution in [0.3, 0.4) is 0 Å². The Morgan fingerprint density at radius 2 is 1.92 bits per heavy atom. The van der Waals surface area contributed by atoms with Gasteiger partial charge in [-0.1, -0.05) is 25.0 Å². The molecule has 2 atom stereocenters. The molecule has 3 fully saturated rings. The highest BCUT2D eigenvalue weighted by Crippen LogP contribution is 2.52. The molecule has 2 amide bonds. The van der Waals surface area contributed by atoms with Gasteiger partial charge in [-0.15, -0.1) is 13.2 Å². The predicted molar refractivity (Wildman–Crippen MR) is 130 cm³/mol. The van der Waals surface area contributed by atoms with E-state index in [-0.39, 0.29) is 30.0 Å². The average molecular weight is 536 g/mol. The number of fused-ring (bicyclic) bond motifs is 1. The second-order valence-corrected chi connectivity index (χ2v) is 10.6. The lowest BCUT2D eigenvalue weighted by Gasteiger charge is -2.25. The number of aromatic nitrogens is 2. The number of hydrogen-bond donors (Lipinski definition) is 1. The highest BCUT2D eigenvalue weighted by atomic mass is 19.4. The lowest BCUT2D eigenvalue weighted by Crippen LogP contribution is -2.42. The summed E-state index contributed by atoms with van der Waals surface area (Å²) in [5.74, 6) is 0.819. The molecule has 206 valence electrons. The maximum absolute atomic E-state index is 13.1. The molecule has 1 aliphatic heterocycles. The molecule has 1 N–H and O–H groups in total. The fourth-order valence-electron chi connectivity index (χ4n) is 5.80. The standard InChI is InChI=1S/C26H32F3N5O4/c1-32-15-24(30-16-32)37-25(36)34(10-17-5-4-8-19(9-17)38-26(27,28)29)13-22-20-11-33(12-21(20)22)14-23(35)31-18-6-2-3-7-18/h4-5,8-9,15-16,18,20-22H,2-3,6-7,10-14H2,1H3,(H,31,35). The molecule has 2 aliphatic carbocycles. The Morgan fingerprint density at radius 1 is 1.18 bits per heavy atom. The first kappa shape index (κ1) is 26.3. The van der Waals surface area contributed by atoms with Crippen LogP contribution in [0.1, 0.15) is 31.2 Å². The van der Waals surface area contributed by atoms with E-state index >= 15 is 0 Å². The highest BCUT2D eigenvalue weighted by Gasteiger charge is 2.56. The zero-order valence-electron chi connectivity index (χ0n) is 21.2. The SMILES string of the molecule is Cn1cnc(OC(=O)N(Cc2cccc(OC(F)(F)F)c2)CC2C3CN(CC(=O)NC4CCCC4)CC32)c1. The van der Waals surface area contributed by atoms with Crippen LogP contribution in [0.15, 0.2) is 36.8 Å². The minimum Gasteiger partial charge on any atom is -0.406 e. The predicted octanol–water partition coefficient (Wildman–Crippen LogP) is 3.56. The molecule has 2 aromatic rings. The van der Waals surface area contributed by atoms with E-state index in [1.54, 1.807) is 23.9 Å². The third-order valence-electron chi connectivity index (χ3n) is 7.60. The second-order valence-electron chi connectivity index (χ2n) is 10.6. The first-order valence-corrected chi connectivity index (χ1v) is 12.9. The van der Waals surface area contributed by atoms with E-state index in [2.05, 4.69) is 19.9 Å². The lowest BCUT2D eigenvalue weighted by molar-refractivity contribution is -0.274. The number of halogens is 3. The molecule has 38 heavy (non-hydrogen) atoms. The first-order valence-electron chi connectivity index (χ1n) is 12.9. The molecule has 0 bridgehead atoms. The molecule has 3 aliphatic rings. The fraction of sp³-hybridized carbons (Fsp3) is 0.577. The van der Waals surface area contributed by atoms with Crippen LogP contribution in [0.2, 0.25) is 0 Å². The molecule has 1 saturated heterocycles. The summed E-state index contributed by atoms with van der Waals surface area (Å²) in [6.45, 7) is 2.40. The van der Waals surface area contributed by atoms with Gasteiger partial charge in [0.2, 0.25) is 11.8 Å². The maximum atomic E-state index is 13.1. The Labute approximate surface area is 218 Å². The Morgan fingerprint density at radius 3 is 2.58 bits per heavy atom. The summed E-state index contributed by atoms with van der Waals surface area (Å²) >= 11 is 0. The number of aryl methyl sites for hydroxylation is 1. The Kier molecular flexibility index (Phi) is 7.51. The summed E-state index contributed by atoms with van der Waals surface area (Å²) in [6, 6.07) is 5.89. The Bertz CT molecular complexity index is 1140. The zero-order chi connectivity index (χ0) is 26.9. The van der Waals surface area contributed by atoms with Crippen molar-refractivity contribution in [2.24, 2.45) is 24.8 Å². The van der Waals surface area contributed by atoms with Crippen LogP contribution in [0.4, 0.5) is 18.0 Å². The summed E-state index contributed by atoms with van der Waals surface area (Å²) in [7, 11) is 1.75. The topological polar surface area (TPSA) is 88.9 Å². The fourth-order valence-corrected chi connectivity index (χ4v) is 5.80. The summed E-state index contributed by atoms with van der Waals surface area (Å²) in [4.78, 5) is 33.2. The average Bonchev–Trinajstić information content (AvgIpc) is 3.30. The number of amides is 2. The number of carbonyl (C=O) groups is 2. The molecule has 1 aromatic carbocycles. The van der Waals surface area contributed by atoms with Crippen molar-refractivity contribution in [3.05, 3.63) is 42.4 Å². The van der Waals surface area contributed by atoms with Gasteiger partial charge in [0.1, 0.15) is 5.75 Å². The van der Waals surface area contributed by atoms with Crippen molar-refractivity contribution in [1.29, 1.82) is 0 Å². The van der Waals surface area contributed by atoms with Crippen molar-refractivity contribution in [2.75, 3.05) is 26.2 Å². The number of likely N-dealkylation sites (tertiary alicyclic amines) is 1. The number of benzene rings is 1. The van der Waals surface area contributed by atoms with Gasteiger partial charge < -0.3 is 24.3 Å². The van der Waals surface area contributed by atoms with Gasteiger partial charge in [-0.05, 0) is 48.3 Å². The van der Waals surface area contributed by atoms with Crippen molar-refractivity contribution in [2.45, 2.75) is 44.6 Å². The summed E-state index contributed by atoms with van der Waals surface area (Å²) < 4.78 is 49.2. The van der Waals surface area contributed by atoms with Crippen molar-refractivity contribution in [1.82, 2.24) is 24.7 Å². The number of nitrogens with zero attached hydrogens (tertiary/aromatic N) is 4.